The molecule has 2 heterocycles. The zero-order chi connectivity index (χ0) is 17.3. The summed E-state index contributed by atoms with van der Waals surface area (Å²) >= 11 is 6.22. The summed E-state index contributed by atoms with van der Waals surface area (Å²) < 4.78 is 10.8. The average molecular weight is 345 g/mol. The molecule has 1 aromatic carbocycles. The van der Waals surface area contributed by atoms with Gasteiger partial charge in [0.1, 0.15) is 28.5 Å². The molecule has 1 amide bonds. The van der Waals surface area contributed by atoms with Gasteiger partial charge in [0.05, 0.1) is 11.1 Å². The van der Waals surface area contributed by atoms with Crippen molar-refractivity contribution in [3.05, 3.63) is 64.3 Å². The molecule has 0 saturated carbocycles. The van der Waals surface area contributed by atoms with Crippen molar-refractivity contribution in [3.8, 4) is 11.3 Å². The Hall–Kier alpha value is -2.53. The number of rotatable bonds is 4. The average Bonchev–Trinajstić information content (AvgIpc) is 3.14. The third-order valence-electron chi connectivity index (χ3n) is 3.75. The number of nitrogens with zero attached hydrogens (tertiary/aromatic N) is 1. The Kier molecular flexibility index (Phi) is 4.44. The summed E-state index contributed by atoms with van der Waals surface area (Å²) in [6, 6.07) is 10.6. The number of carbonyl (C=O) groups excluding carboxylic acids is 1. The Morgan fingerprint density at radius 1 is 1.21 bits per heavy atom. The first-order chi connectivity index (χ1) is 11.5. The maximum absolute atomic E-state index is 12.7. The summed E-state index contributed by atoms with van der Waals surface area (Å²) in [5.41, 5.74) is 1.46. The lowest BCUT2D eigenvalue weighted by Crippen LogP contribution is -2.27. The number of hydrogen-bond acceptors (Lipinski definition) is 4. The Balaban J connectivity index is 1.91. The molecule has 0 saturated heterocycles. The zero-order valence-corrected chi connectivity index (χ0v) is 14.3. The molecule has 0 aliphatic carbocycles. The molecule has 5 nitrogen and oxygen atoms in total. The lowest BCUT2D eigenvalue weighted by Gasteiger charge is -2.12. The molecule has 0 spiro atoms. The number of carbonyl (C=O) groups is 1. The van der Waals surface area contributed by atoms with Crippen LogP contribution in [-0.4, -0.2) is 11.1 Å². The van der Waals surface area contributed by atoms with Crippen LogP contribution in [0.25, 0.3) is 11.3 Å². The molecule has 1 N–H and O–H groups in total. The molecule has 6 heteroatoms. The topological polar surface area (TPSA) is 68.3 Å². The van der Waals surface area contributed by atoms with Crippen LogP contribution in [0.1, 0.15) is 40.6 Å². The molecular weight excluding hydrogens is 328 g/mol. The maximum atomic E-state index is 12.7. The fraction of sp³-hybridized carbons (Fsp3) is 0.222. The number of hydrogen-bond donors (Lipinski definition) is 1. The molecule has 3 rings (SSSR count). The smallest absolute Gasteiger partial charge is 0.257 e. The van der Waals surface area contributed by atoms with E-state index in [9.17, 15) is 4.79 Å². The summed E-state index contributed by atoms with van der Waals surface area (Å²) in [6.45, 7) is 5.41. The fourth-order valence-corrected chi connectivity index (χ4v) is 2.73. The normalized spacial score (nSPS) is 12.2. The van der Waals surface area contributed by atoms with Gasteiger partial charge in [0.15, 0.2) is 0 Å². The number of halogens is 1. The van der Waals surface area contributed by atoms with Crippen LogP contribution in [0, 0.1) is 13.8 Å². The van der Waals surface area contributed by atoms with E-state index in [0.29, 0.717) is 33.4 Å². The van der Waals surface area contributed by atoms with Crippen molar-refractivity contribution >= 4 is 17.5 Å². The minimum atomic E-state index is -0.287. The van der Waals surface area contributed by atoms with Gasteiger partial charge >= 0.3 is 0 Å². The Morgan fingerprint density at radius 3 is 2.62 bits per heavy atom. The second-order valence-corrected chi connectivity index (χ2v) is 5.99. The molecule has 3 aromatic rings. The predicted molar refractivity (Wildman–Crippen MR) is 91.0 cm³/mol. The number of furan rings is 1. The highest BCUT2D eigenvalue weighted by Gasteiger charge is 2.24. The summed E-state index contributed by atoms with van der Waals surface area (Å²) in [5.74, 6) is 1.63. The number of aromatic nitrogens is 1. The molecule has 0 aliphatic heterocycles. The molecule has 0 fully saturated rings. The van der Waals surface area contributed by atoms with Crippen LogP contribution < -0.4 is 5.32 Å². The van der Waals surface area contributed by atoms with Gasteiger partial charge in [0, 0.05) is 5.56 Å². The molecule has 1 atom stereocenters. The van der Waals surface area contributed by atoms with Gasteiger partial charge in [-0.15, -0.1) is 0 Å². The van der Waals surface area contributed by atoms with Crippen LogP contribution in [-0.2, 0) is 0 Å². The van der Waals surface area contributed by atoms with Crippen molar-refractivity contribution in [2.75, 3.05) is 0 Å². The highest BCUT2D eigenvalue weighted by atomic mass is 35.5. The summed E-state index contributed by atoms with van der Waals surface area (Å²) in [4.78, 5) is 12.7. The Bertz CT molecular complexity index is 882. The zero-order valence-electron chi connectivity index (χ0n) is 13.6. The van der Waals surface area contributed by atoms with E-state index in [-0.39, 0.29) is 11.9 Å². The van der Waals surface area contributed by atoms with Crippen molar-refractivity contribution in [1.29, 1.82) is 0 Å². The highest BCUT2D eigenvalue weighted by molar-refractivity contribution is 6.33. The first-order valence-electron chi connectivity index (χ1n) is 7.55. The predicted octanol–water partition coefficient (Wildman–Crippen LogP) is 4.70. The third kappa shape index (κ3) is 3.08. The van der Waals surface area contributed by atoms with Crippen LogP contribution in [0.2, 0.25) is 5.02 Å². The number of amides is 1. The van der Waals surface area contributed by atoms with E-state index in [4.69, 9.17) is 20.5 Å². The number of aryl methyl sites for hydroxylation is 2. The van der Waals surface area contributed by atoms with Gasteiger partial charge in [0.25, 0.3) is 5.91 Å². The highest BCUT2D eigenvalue weighted by Crippen LogP contribution is 2.31. The molecule has 0 aliphatic rings. The largest absolute Gasteiger partial charge is 0.464 e. The minimum Gasteiger partial charge on any atom is -0.464 e. The van der Waals surface area contributed by atoms with Crippen molar-refractivity contribution in [3.63, 3.8) is 0 Å². The van der Waals surface area contributed by atoms with Crippen LogP contribution in [0.5, 0.6) is 0 Å². The summed E-state index contributed by atoms with van der Waals surface area (Å²) in [6.07, 6.45) is 0. The molecule has 0 bridgehead atoms. The van der Waals surface area contributed by atoms with Crippen LogP contribution >= 0.6 is 11.6 Å². The van der Waals surface area contributed by atoms with E-state index in [1.54, 1.807) is 19.1 Å². The van der Waals surface area contributed by atoms with Crippen molar-refractivity contribution in [2.45, 2.75) is 26.8 Å². The van der Waals surface area contributed by atoms with E-state index < -0.39 is 0 Å². The summed E-state index contributed by atoms with van der Waals surface area (Å²) in [7, 11) is 0. The van der Waals surface area contributed by atoms with Gasteiger partial charge in [-0.05, 0) is 39.0 Å². The van der Waals surface area contributed by atoms with E-state index in [1.165, 1.54) is 0 Å². The van der Waals surface area contributed by atoms with E-state index in [0.717, 1.165) is 5.76 Å². The Labute approximate surface area is 144 Å². The van der Waals surface area contributed by atoms with Crippen LogP contribution in [0.3, 0.4) is 0 Å². The standard InChI is InChI=1S/C18H17ClN2O3/c1-10-8-9-15(23-10)11(2)20-18(22)16-12(3)24-21-17(16)13-6-4-5-7-14(13)19/h4-9,11H,1-3H3,(H,20,22). The van der Waals surface area contributed by atoms with Crippen molar-refractivity contribution in [1.82, 2.24) is 10.5 Å². The lowest BCUT2D eigenvalue weighted by atomic mass is 10.1. The molecular formula is C18H17ClN2O3. The van der Waals surface area contributed by atoms with Gasteiger partial charge < -0.3 is 14.3 Å². The van der Waals surface area contributed by atoms with E-state index >= 15 is 0 Å². The van der Waals surface area contributed by atoms with Crippen LogP contribution in [0.4, 0.5) is 0 Å². The molecule has 0 radical (unpaired) electrons. The molecule has 1 unspecified atom stereocenters. The molecule has 124 valence electrons. The first-order valence-corrected chi connectivity index (χ1v) is 7.93. The number of benzene rings is 1. The van der Waals surface area contributed by atoms with Gasteiger partial charge in [-0.25, -0.2) is 0 Å². The fourth-order valence-electron chi connectivity index (χ4n) is 2.50. The number of nitrogens with one attached hydrogen (secondary N) is 1. The minimum absolute atomic E-state index is 0.278. The van der Waals surface area contributed by atoms with Crippen molar-refractivity contribution in [2.24, 2.45) is 0 Å². The first kappa shape index (κ1) is 16.3. The van der Waals surface area contributed by atoms with Gasteiger partial charge in [-0.3, -0.25) is 4.79 Å². The van der Waals surface area contributed by atoms with Crippen molar-refractivity contribution < 1.29 is 13.7 Å². The lowest BCUT2D eigenvalue weighted by molar-refractivity contribution is 0.0934. The molecule has 2 aromatic heterocycles. The van der Waals surface area contributed by atoms with Gasteiger partial charge in [0.2, 0.25) is 0 Å². The third-order valence-corrected chi connectivity index (χ3v) is 4.08. The SMILES string of the molecule is Cc1ccc(C(C)NC(=O)c2c(-c3ccccc3Cl)noc2C)o1. The monoisotopic (exact) mass is 344 g/mol. The summed E-state index contributed by atoms with van der Waals surface area (Å²) in [5, 5.41) is 7.42. The van der Waals surface area contributed by atoms with E-state index in [2.05, 4.69) is 10.5 Å². The van der Waals surface area contributed by atoms with Crippen LogP contribution in [0.15, 0.2) is 45.3 Å². The van der Waals surface area contributed by atoms with Gasteiger partial charge in [-0.1, -0.05) is 35.0 Å². The van der Waals surface area contributed by atoms with Gasteiger partial charge in [-0.2, -0.15) is 0 Å². The van der Waals surface area contributed by atoms with E-state index in [1.807, 2.05) is 38.1 Å². The quantitative estimate of drug-likeness (QED) is 0.745. The maximum Gasteiger partial charge on any atom is 0.257 e. The molecule has 24 heavy (non-hydrogen) atoms. The second-order valence-electron chi connectivity index (χ2n) is 5.59. The second kappa shape index (κ2) is 6.53. The Morgan fingerprint density at radius 2 is 1.96 bits per heavy atom.